The quantitative estimate of drug-likeness (QED) is 0.658. The molecule has 4 rings (SSSR count). The van der Waals surface area contributed by atoms with Gasteiger partial charge in [-0.1, -0.05) is 31.5 Å². The number of piperidine rings is 1. The van der Waals surface area contributed by atoms with Gasteiger partial charge in [-0.15, -0.1) is 10.2 Å². The average molecular weight is 375 g/mol. The minimum absolute atomic E-state index is 0.0934. The zero-order chi connectivity index (χ0) is 19.7. The number of benzene rings is 2. The van der Waals surface area contributed by atoms with E-state index in [1.807, 2.05) is 60.4 Å². The van der Waals surface area contributed by atoms with E-state index in [9.17, 15) is 4.79 Å². The molecule has 1 amide bonds. The normalized spacial score (nSPS) is 19.6. The summed E-state index contributed by atoms with van der Waals surface area (Å²) in [7, 11) is 0. The Morgan fingerprint density at radius 2 is 1.39 bits per heavy atom. The van der Waals surface area contributed by atoms with Gasteiger partial charge in [0.15, 0.2) is 0 Å². The molecule has 0 aliphatic carbocycles. The lowest BCUT2D eigenvalue weighted by atomic mass is 9.91. The molecule has 28 heavy (non-hydrogen) atoms. The highest BCUT2D eigenvalue weighted by Crippen LogP contribution is 2.26. The number of hydrogen-bond donors (Lipinski definition) is 0. The Bertz CT molecular complexity index is 950. The number of rotatable bonds is 3. The van der Waals surface area contributed by atoms with Crippen LogP contribution in [-0.2, 0) is 0 Å². The molecule has 0 radical (unpaired) electrons. The van der Waals surface area contributed by atoms with Crippen molar-refractivity contribution in [3.8, 4) is 22.9 Å². The molecule has 2 unspecified atom stereocenters. The van der Waals surface area contributed by atoms with Crippen molar-refractivity contribution in [1.82, 2.24) is 15.1 Å². The second-order valence-electron chi connectivity index (χ2n) is 8.01. The Morgan fingerprint density at radius 1 is 0.893 bits per heavy atom. The summed E-state index contributed by atoms with van der Waals surface area (Å²) in [5, 5.41) is 8.31. The van der Waals surface area contributed by atoms with Crippen LogP contribution in [0.3, 0.4) is 0 Å². The Hall–Kier alpha value is -2.95. The molecule has 2 atom stereocenters. The maximum Gasteiger partial charge on any atom is 0.253 e. The van der Waals surface area contributed by atoms with E-state index >= 15 is 0 Å². The van der Waals surface area contributed by atoms with Gasteiger partial charge in [0.2, 0.25) is 11.8 Å². The van der Waals surface area contributed by atoms with Gasteiger partial charge in [0.1, 0.15) is 0 Å². The lowest BCUT2D eigenvalue weighted by Gasteiger charge is -2.35. The topological polar surface area (TPSA) is 59.2 Å². The molecule has 5 nitrogen and oxygen atoms in total. The van der Waals surface area contributed by atoms with Crippen LogP contribution in [0, 0.1) is 18.8 Å². The van der Waals surface area contributed by atoms with Crippen molar-refractivity contribution >= 4 is 5.91 Å². The van der Waals surface area contributed by atoms with Gasteiger partial charge in [-0.3, -0.25) is 4.79 Å². The molecule has 1 aromatic heterocycles. The predicted molar refractivity (Wildman–Crippen MR) is 109 cm³/mol. The molecule has 0 spiro atoms. The van der Waals surface area contributed by atoms with Crippen molar-refractivity contribution in [2.75, 3.05) is 13.1 Å². The number of carbonyl (C=O) groups excluding carboxylic acids is 1. The number of nitrogens with zero attached hydrogens (tertiary/aromatic N) is 3. The summed E-state index contributed by atoms with van der Waals surface area (Å²) in [5.41, 5.74) is 3.58. The van der Waals surface area contributed by atoms with Crippen LogP contribution < -0.4 is 0 Å². The predicted octanol–water partition coefficient (Wildman–Crippen LogP) is 4.83. The molecule has 144 valence electrons. The molecule has 1 fully saturated rings. The van der Waals surface area contributed by atoms with Gasteiger partial charge in [-0.2, -0.15) is 0 Å². The molecule has 2 heterocycles. The van der Waals surface area contributed by atoms with Gasteiger partial charge in [-0.25, -0.2) is 0 Å². The highest BCUT2D eigenvalue weighted by atomic mass is 16.4. The maximum atomic E-state index is 12.8. The Labute approximate surface area is 165 Å². The lowest BCUT2D eigenvalue weighted by Crippen LogP contribution is -2.42. The van der Waals surface area contributed by atoms with Crippen LogP contribution in [0.1, 0.15) is 36.2 Å². The fraction of sp³-hybridized carbons (Fsp3) is 0.348. The molecule has 5 heteroatoms. The first-order chi connectivity index (χ1) is 13.5. The van der Waals surface area contributed by atoms with E-state index < -0.39 is 0 Å². The fourth-order valence-electron chi connectivity index (χ4n) is 3.92. The molecule has 0 N–H and O–H groups in total. The molecule has 2 aromatic carbocycles. The van der Waals surface area contributed by atoms with Crippen molar-refractivity contribution < 1.29 is 9.21 Å². The summed E-state index contributed by atoms with van der Waals surface area (Å²) < 4.78 is 5.82. The molecule has 1 saturated heterocycles. The van der Waals surface area contributed by atoms with Crippen LogP contribution in [0.5, 0.6) is 0 Å². The Balaban J connectivity index is 1.50. The number of aryl methyl sites for hydroxylation is 1. The minimum Gasteiger partial charge on any atom is -0.416 e. The summed E-state index contributed by atoms with van der Waals surface area (Å²) in [6, 6.07) is 15.4. The van der Waals surface area contributed by atoms with Gasteiger partial charge in [-0.05, 0) is 61.6 Å². The lowest BCUT2D eigenvalue weighted by molar-refractivity contribution is 0.0623. The smallest absolute Gasteiger partial charge is 0.253 e. The number of likely N-dealkylation sites (tertiary alicyclic amines) is 1. The highest BCUT2D eigenvalue weighted by molar-refractivity contribution is 5.94. The standard InChI is InChI=1S/C23H25N3O2/c1-15-4-6-18(7-5-15)21-24-25-22(28-21)19-8-10-20(11-9-19)23(27)26-13-16(2)12-17(3)14-26/h4-11,16-17H,12-14H2,1-3H3. The van der Waals surface area contributed by atoms with E-state index in [2.05, 4.69) is 24.0 Å². The van der Waals surface area contributed by atoms with Gasteiger partial charge >= 0.3 is 0 Å². The van der Waals surface area contributed by atoms with Gasteiger partial charge in [0, 0.05) is 29.8 Å². The van der Waals surface area contributed by atoms with Gasteiger partial charge in [0.25, 0.3) is 5.91 Å². The first kappa shape index (κ1) is 18.4. The zero-order valence-corrected chi connectivity index (χ0v) is 16.6. The summed E-state index contributed by atoms with van der Waals surface area (Å²) >= 11 is 0. The third-order valence-corrected chi connectivity index (χ3v) is 5.26. The summed E-state index contributed by atoms with van der Waals surface area (Å²) in [4.78, 5) is 14.8. The van der Waals surface area contributed by atoms with Crippen LogP contribution in [0.2, 0.25) is 0 Å². The van der Waals surface area contributed by atoms with Crippen molar-refractivity contribution in [2.24, 2.45) is 11.8 Å². The van der Waals surface area contributed by atoms with Crippen LogP contribution in [0.15, 0.2) is 52.9 Å². The third-order valence-electron chi connectivity index (χ3n) is 5.26. The van der Waals surface area contributed by atoms with E-state index in [4.69, 9.17) is 4.42 Å². The summed E-state index contributed by atoms with van der Waals surface area (Å²) in [6.45, 7) is 8.11. The van der Waals surface area contributed by atoms with Gasteiger partial charge in [0.05, 0.1) is 0 Å². The number of amides is 1. The van der Waals surface area contributed by atoms with Gasteiger partial charge < -0.3 is 9.32 Å². The van der Waals surface area contributed by atoms with Crippen molar-refractivity contribution in [3.63, 3.8) is 0 Å². The Morgan fingerprint density at radius 3 is 1.93 bits per heavy atom. The largest absolute Gasteiger partial charge is 0.416 e. The van der Waals surface area contributed by atoms with E-state index in [1.165, 1.54) is 12.0 Å². The molecular weight excluding hydrogens is 350 g/mol. The Kier molecular flexibility index (Phi) is 4.99. The van der Waals surface area contributed by atoms with E-state index in [1.54, 1.807) is 0 Å². The van der Waals surface area contributed by atoms with E-state index in [0.29, 0.717) is 29.2 Å². The highest BCUT2D eigenvalue weighted by Gasteiger charge is 2.26. The van der Waals surface area contributed by atoms with Crippen LogP contribution in [0.25, 0.3) is 22.9 Å². The van der Waals surface area contributed by atoms with Crippen LogP contribution in [-0.4, -0.2) is 34.1 Å². The summed E-state index contributed by atoms with van der Waals surface area (Å²) in [6.07, 6.45) is 1.18. The minimum atomic E-state index is 0.0934. The first-order valence-electron chi connectivity index (χ1n) is 9.80. The molecule has 1 aliphatic heterocycles. The molecule has 3 aromatic rings. The third kappa shape index (κ3) is 3.84. The first-order valence-corrected chi connectivity index (χ1v) is 9.80. The van der Waals surface area contributed by atoms with Crippen molar-refractivity contribution in [1.29, 1.82) is 0 Å². The van der Waals surface area contributed by atoms with E-state index in [0.717, 1.165) is 24.2 Å². The van der Waals surface area contributed by atoms with Crippen molar-refractivity contribution in [3.05, 3.63) is 59.7 Å². The molecule has 1 aliphatic rings. The number of hydrogen-bond acceptors (Lipinski definition) is 4. The average Bonchev–Trinajstić information content (AvgIpc) is 3.17. The second kappa shape index (κ2) is 7.58. The molecule has 0 saturated carbocycles. The van der Waals surface area contributed by atoms with E-state index in [-0.39, 0.29) is 5.91 Å². The molecule has 0 bridgehead atoms. The van der Waals surface area contributed by atoms with Crippen LogP contribution in [0.4, 0.5) is 0 Å². The fourth-order valence-corrected chi connectivity index (χ4v) is 3.92. The number of aromatic nitrogens is 2. The monoisotopic (exact) mass is 375 g/mol. The molecular formula is C23H25N3O2. The zero-order valence-electron chi connectivity index (χ0n) is 16.6. The summed E-state index contributed by atoms with van der Waals surface area (Å²) in [5.74, 6) is 2.13. The SMILES string of the molecule is Cc1ccc(-c2nnc(-c3ccc(C(=O)N4CC(C)CC(C)C4)cc3)o2)cc1. The maximum absolute atomic E-state index is 12.8. The van der Waals surface area contributed by atoms with Crippen LogP contribution >= 0.6 is 0 Å². The van der Waals surface area contributed by atoms with Crippen molar-refractivity contribution in [2.45, 2.75) is 27.2 Å². The second-order valence-corrected chi connectivity index (χ2v) is 8.01. The number of carbonyl (C=O) groups is 1.